The summed E-state index contributed by atoms with van der Waals surface area (Å²) in [4.78, 5) is 23.1. The number of thiophene rings is 1. The first-order valence-corrected chi connectivity index (χ1v) is 6.78. The Kier molecular flexibility index (Phi) is 4.73. The van der Waals surface area contributed by atoms with Crippen molar-refractivity contribution in [3.8, 4) is 5.75 Å². The third kappa shape index (κ3) is 4.40. The quantitative estimate of drug-likeness (QED) is 0.857. The molecule has 104 valence electrons. The molecule has 6 heteroatoms. The van der Waals surface area contributed by atoms with Gasteiger partial charge in [0.1, 0.15) is 5.75 Å². The van der Waals surface area contributed by atoms with Crippen LogP contribution in [0.25, 0.3) is 0 Å². The summed E-state index contributed by atoms with van der Waals surface area (Å²) in [6.07, 6.45) is 0.342. The van der Waals surface area contributed by atoms with E-state index in [1.54, 1.807) is 24.3 Å². The highest BCUT2D eigenvalue weighted by Gasteiger charge is 2.05. The number of carbonyl (C=O) groups excluding carboxylic acids is 1. The van der Waals surface area contributed by atoms with Crippen LogP contribution in [-0.4, -0.2) is 23.6 Å². The third-order valence-electron chi connectivity index (χ3n) is 2.42. The zero-order valence-corrected chi connectivity index (χ0v) is 11.4. The van der Waals surface area contributed by atoms with Gasteiger partial charge in [0.2, 0.25) is 5.91 Å². The number of hydrogen-bond acceptors (Lipinski definition) is 4. The zero-order chi connectivity index (χ0) is 14.4. The summed E-state index contributed by atoms with van der Waals surface area (Å²) in [6, 6.07) is 10.4. The Morgan fingerprint density at radius 3 is 2.55 bits per heavy atom. The number of carbonyl (C=O) groups is 2. The molecule has 0 aliphatic carbocycles. The van der Waals surface area contributed by atoms with E-state index in [9.17, 15) is 9.59 Å². The van der Waals surface area contributed by atoms with Crippen molar-refractivity contribution in [1.29, 1.82) is 0 Å². The van der Waals surface area contributed by atoms with E-state index in [-0.39, 0.29) is 12.5 Å². The van der Waals surface area contributed by atoms with Crippen LogP contribution >= 0.6 is 11.3 Å². The fourth-order valence-electron chi connectivity index (χ4n) is 1.56. The second kappa shape index (κ2) is 6.72. The fourth-order valence-corrected chi connectivity index (χ4v) is 2.26. The molecule has 5 nitrogen and oxygen atoms in total. The van der Waals surface area contributed by atoms with Gasteiger partial charge in [-0.15, -0.1) is 11.3 Å². The summed E-state index contributed by atoms with van der Waals surface area (Å²) in [7, 11) is 0. The van der Waals surface area contributed by atoms with Crippen molar-refractivity contribution >= 4 is 28.9 Å². The predicted octanol–water partition coefficient (Wildman–Crippen LogP) is 2.39. The topological polar surface area (TPSA) is 75.6 Å². The zero-order valence-electron chi connectivity index (χ0n) is 10.5. The lowest BCUT2D eigenvalue weighted by Crippen LogP contribution is -2.13. The Morgan fingerprint density at radius 1 is 1.20 bits per heavy atom. The molecule has 0 atom stereocenters. The standard InChI is InChI=1S/C14H13NO4S/c16-13(8-12-2-1-7-20-12)15-10-3-5-11(6-4-10)19-9-14(17)18/h1-7H,8-9H2,(H,15,16)(H,17,18). The lowest BCUT2D eigenvalue weighted by atomic mass is 10.2. The van der Waals surface area contributed by atoms with Crippen LogP contribution in [0.15, 0.2) is 41.8 Å². The van der Waals surface area contributed by atoms with Crippen molar-refractivity contribution < 1.29 is 19.4 Å². The molecule has 0 unspecified atom stereocenters. The summed E-state index contributed by atoms with van der Waals surface area (Å²) in [5.74, 6) is -0.673. The molecule has 2 rings (SSSR count). The van der Waals surface area contributed by atoms with Crippen molar-refractivity contribution in [3.05, 3.63) is 46.7 Å². The molecular formula is C14H13NO4S. The molecule has 1 aromatic heterocycles. The van der Waals surface area contributed by atoms with Crippen LogP contribution in [0.2, 0.25) is 0 Å². The smallest absolute Gasteiger partial charge is 0.341 e. The molecule has 0 aliphatic heterocycles. The molecule has 0 aliphatic rings. The lowest BCUT2D eigenvalue weighted by molar-refractivity contribution is -0.139. The highest BCUT2D eigenvalue weighted by Crippen LogP contribution is 2.16. The van der Waals surface area contributed by atoms with Gasteiger partial charge in [-0.1, -0.05) is 6.07 Å². The maximum atomic E-state index is 11.8. The monoisotopic (exact) mass is 291 g/mol. The summed E-state index contributed by atoms with van der Waals surface area (Å²) in [5.41, 5.74) is 0.647. The minimum absolute atomic E-state index is 0.0911. The van der Waals surface area contributed by atoms with Gasteiger partial charge in [0, 0.05) is 10.6 Å². The summed E-state index contributed by atoms with van der Waals surface area (Å²) >= 11 is 1.54. The Morgan fingerprint density at radius 2 is 1.95 bits per heavy atom. The fraction of sp³-hybridized carbons (Fsp3) is 0.143. The number of nitrogens with one attached hydrogen (secondary N) is 1. The van der Waals surface area contributed by atoms with Gasteiger partial charge in [-0.3, -0.25) is 4.79 Å². The van der Waals surface area contributed by atoms with E-state index in [4.69, 9.17) is 9.84 Å². The van der Waals surface area contributed by atoms with E-state index in [1.165, 1.54) is 11.3 Å². The minimum atomic E-state index is -1.03. The summed E-state index contributed by atoms with van der Waals surface area (Å²) in [5, 5.41) is 13.2. The first kappa shape index (κ1) is 14.1. The molecule has 0 radical (unpaired) electrons. The first-order chi connectivity index (χ1) is 9.63. The molecule has 0 bridgehead atoms. The van der Waals surface area contributed by atoms with Gasteiger partial charge in [-0.05, 0) is 35.7 Å². The normalized spacial score (nSPS) is 10.0. The van der Waals surface area contributed by atoms with E-state index in [0.717, 1.165) is 4.88 Å². The molecule has 2 aromatic rings. The van der Waals surface area contributed by atoms with Gasteiger partial charge in [-0.2, -0.15) is 0 Å². The van der Waals surface area contributed by atoms with Crippen molar-refractivity contribution in [2.24, 2.45) is 0 Å². The van der Waals surface area contributed by atoms with E-state index >= 15 is 0 Å². The largest absolute Gasteiger partial charge is 0.482 e. The molecule has 0 saturated carbocycles. The van der Waals surface area contributed by atoms with E-state index in [1.807, 2.05) is 17.5 Å². The number of carboxylic acid groups (broad SMARTS) is 1. The summed E-state index contributed by atoms with van der Waals surface area (Å²) < 4.78 is 5.00. The van der Waals surface area contributed by atoms with Crippen LogP contribution in [0.3, 0.4) is 0 Å². The highest BCUT2D eigenvalue weighted by molar-refractivity contribution is 7.10. The Hall–Kier alpha value is -2.34. The van der Waals surface area contributed by atoms with Crippen LogP contribution in [-0.2, 0) is 16.0 Å². The lowest BCUT2D eigenvalue weighted by Gasteiger charge is -2.06. The average Bonchev–Trinajstić information content (AvgIpc) is 2.90. The molecule has 1 aromatic carbocycles. The molecule has 20 heavy (non-hydrogen) atoms. The maximum Gasteiger partial charge on any atom is 0.341 e. The molecular weight excluding hydrogens is 278 g/mol. The van der Waals surface area contributed by atoms with Crippen LogP contribution in [0, 0.1) is 0 Å². The van der Waals surface area contributed by atoms with Crippen LogP contribution in [0.5, 0.6) is 5.75 Å². The number of anilines is 1. The van der Waals surface area contributed by atoms with Crippen molar-refractivity contribution in [2.45, 2.75) is 6.42 Å². The van der Waals surface area contributed by atoms with E-state index in [0.29, 0.717) is 17.9 Å². The number of rotatable bonds is 6. The Bertz CT molecular complexity index is 578. The number of carboxylic acids is 1. The molecule has 0 fully saturated rings. The van der Waals surface area contributed by atoms with Gasteiger partial charge in [-0.25, -0.2) is 4.79 Å². The van der Waals surface area contributed by atoms with Crippen LogP contribution < -0.4 is 10.1 Å². The van der Waals surface area contributed by atoms with Gasteiger partial charge in [0.05, 0.1) is 6.42 Å². The molecule has 1 amide bonds. The second-order valence-corrected chi connectivity index (χ2v) is 5.04. The van der Waals surface area contributed by atoms with Gasteiger partial charge in [0.25, 0.3) is 0 Å². The SMILES string of the molecule is O=C(O)COc1ccc(NC(=O)Cc2cccs2)cc1. The molecule has 0 saturated heterocycles. The van der Waals surface area contributed by atoms with Crippen LogP contribution in [0.4, 0.5) is 5.69 Å². The van der Waals surface area contributed by atoms with Gasteiger partial charge in [0.15, 0.2) is 6.61 Å². The minimum Gasteiger partial charge on any atom is -0.482 e. The van der Waals surface area contributed by atoms with E-state index in [2.05, 4.69) is 5.32 Å². The number of benzene rings is 1. The first-order valence-electron chi connectivity index (χ1n) is 5.90. The molecule has 1 heterocycles. The maximum absolute atomic E-state index is 11.8. The van der Waals surface area contributed by atoms with Crippen molar-refractivity contribution in [2.75, 3.05) is 11.9 Å². The number of amides is 1. The predicted molar refractivity (Wildman–Crippen MR) is 76.2 cm³/mol. The number of aliphatic carboxylic acids is 1. The third-order valence-corrected chi connectivity index (χ3v) is 3.29. The van der Waals surface area contributed by atoms with Crippen molar-refractivity contribution in [1.82, 2.24) is 0 Å². The van der Waals surface area contributed by atoms with Crippen molar-refractivity contribution in [3.63, 3.8) is 0 Å². The molecule has 0 spiro atoms. The second-order valence-electron chi connectivity index (χ2n) is 4.01. The number of hydrogen-bond donors (Lipinski definition) is 2. The highest BCUT2D eigenvalue weighted by atomic mass is 32.1. The van der Waals surface area contributed by atoms with Gasteiger partial charge < -0.3 is 15.2 Å². The average molecular weight is 291 g/mol. The number of ether oxygens (including phenoxy) is 1. The van der Waals surface area contributed by atoms with Crippen LogP contribution in [0.1, 0.15) is 4.88 Å². The van der Waals surface area contributed by atoms with Gasteiger partial charge >= 0.3 is 5.97 Å². The van der Waals surface area contributed by atoms with E-state index < -0.39 is 5.97 Å². The Balaban J connectivity index is 1.86. The molecule has 2 N–H and O–H groups in total. The Labute approximate surface area is 119 Å². The summed E-state index contributed by atoms with van der Waals surface area (Å²) in [6.45, 7) is -0.385.